The third-order valence-corrected chi connectivity index (χ3v) is 3.13. The van der Waals surface area contributed by atoms with Gasteiger partial charge in [-0.15, -0.1) is 0 Å². The molecular weight excluding hydrogens is 237 g/mol. The largest absolute Gasteiger partial charge is 0.508 e. The predicted molar refractivity (Wildman–Crippen MR) is 63.3 cm³/mol. The fourth-order valence-electron chi connectivity index (χ4n) is 1.30. The van der Waals surface area contributed by atoms with Gasteiger partial charge in [0.2, 0.25) is 0 Å². The zero-order valence-electron chi connectivity index (χ0n) is 8.72. The van der Waals surface area contributed by atoms with Gasteiger partial charge < -0.3 is 5.11 Å². The molecule has 0 heterocycles. The number of nitriles is 1. The Morgan fingerprint density at radius 3 is 2.29 bits per heavy atom. The Balaban J connectivity index is 2.22. The maximum Gasteiger partial charge on any atom is 0.142 e. The monoisotopic (exact) mass is 245 g/mol. The normalized spacial score (nSPS) is 9.88. The first kappa shape index (κ1) is 11.5. The predicted octanol–water partition coefficient (Wildman–Crippen LogP) is 3.55. The summed E-state index contributed by atoms with van der Waals surface area (Å²) in [5, 5.41) is 17.7. The molecule has 84 valence electrons. The summed E-state index contributed by atoms with van der Waals surface area (Å²) in [5.41, 5.74) is 0.0417. The van der Waals surface area contributed by atoms with Crippen LogP contribution in [0.2, 0.25) is 0 Å². The summed E-state index contributed by atoms with van der Waals surface area (Å²) in [6.45, 7) is 0. The van der Waals surface area contributed by atoms with Gasteiger partial charge in [-0.1, -0.05) is 11.8 Å². The third-order valence-electron chi connectivity index (χ3n) is 2.13. The molecule has 0 saturated carbocycles. The smallest absolute Gasteiger partial charge is 0.142 e. The average molecular weight is 245 g/mol. The van der Waals surface area contributed by atoms with Gasteiger partial charge in [0.15, 0.2) is 0 Å². The zero-order valence-corrected chi connectivity index (χ0v) is 9.54. The molecule has 0 aromatic heterocycles. The lowest BCUT2D eigenvalue weighted by molar-refractivity contribution is 0.475. The quantitative estimate of drug-likeness (QED) is 0.879. The molecule has 2 aromatic rings. The van der Waals surface area contributed by atoms with E-state index < -0.39 is 5.82 Å². The summed E-state index contributed by atoms with van der Waals surface area (Å²) in [7, 11) is 0. The summed E-state index contributed by atoms with van der Waals surface area (Å²) < 4.78 is 13.3. The van der Waals surface area contributed by atoms with Crippen LogP contribution in [0, 0.1) is 17.1 Å². The van der Waals surface area contributed by atoms with Gasteiger partial charge in [-0.2, -0.15) is 5.26 Å². The van der Waals surface area contributed by atoms with Crippen molar-refractivity contribution in [3.8, 4) is 11.8 Å². The van der Waals surface area contributed by atoms with Crippen molar-refractivity contribution >= 4 is 11.8 Å². The van der Waals surface area contributed by atoms with E-state index in [0.29, 0.717) is 4.90 Å². The highest BCUT2D eigenvalue weighted by Crippen LogP contribution is 2.29. The first-order chi connectivity index (χ1) is 8.19. The summed E-state index contributed by atoms with van der Waals surface area (Å²) in [6.07, 6.45) is 0. The summed E-state index contributed by atoms with van der Waals surface area (Å²) in [4.78, 5) is 1.61. The second kappa shape index (κ2) is 4.89. The van der Waals surface area contributed by atoms with E-state index in [1.807, 2.05) is 0 Å². The van der Waals surface area contributed by atoms with Crippen molar-refractivity contribution in [3.05, 3.63) is 53.8 Å². The number of benzene rings is 2. The molecule has 2 aromatic carbocycles. The van der Waals surface area contributed by atoms with E-state index in [1.165, 1.54) is 23.9 Å². The van der Waals surface area contributed by atoms with E-state index in [4.69, 9.17) is 10.4 Å². The molecule has 2 nitrogen and oxygen atoms in total. The average Bonchev–Trinajstić information content (AvgIpc) is 2.32. The van der Waals surface area contributed by atoms with Gasteiger partial charge in [0.05, 0.1) is 5.56 Å². The van der Waals surface area contributed by atoms with Crippen LogP contribution in [-0.2, 0) is 0 Å². The minimum atomic E-state index is -0.517. The molecule has 4 heteroatoms. The zero-order chi connectivity index (χ0) is 12.3. The van der Waals surface area contributed by atoms with E-state index >= 15 is 0 Å². The lowest BCUT2D eigenvalue weighted by atomic mass is 10.2. The van der Waals surface area contributed by atoms with E-state index in [9.17, 15) is 4.39 Å². The van der Waals surface area contributed by atoms with Crippen molar-refractivity contribution in [1.29, 1.82) is 5.26 Å². The highest BCUT2D eigenvalue weighted by molar-refractivity contribution is 7.99. The molecule has 1 N–H and O–H groups in total. The van der Waals surface area contributed by atoms with Crippen molar-refractivity contribution < 1.29 is 9.50 Å². The first-order valence-electron chi connectivity index (χ1n) is 4.85. The first-order valence-corrected chi connectivity index (χ1v) is 5.67. The van der Waals surface area contributed by atoms with Crippen LogP contribution in [0.5, 0.6) is 5.75 Å². The Bertz CT molecular complexity index is 575. The Hall–Kier alpha value is -1.99. The van der Waals surface area contributed by atoms with Crippen molar-refractivity contribution in [1.82, 2.24) is 0 Å². The van der Waals surface area contributed by atoms with E-state index in [1.54, 1.807) is 36.4 Å². The van der Waals surface area contributed by atoms with Crippen molar-refractivity contribution in [3.63, 3.8) is 0 Å². The number of halogens is 1. The number of hydrogen-bond donors (Lipinski definition) is 1. The van der Waals surface area contributed by atoms with Gasteiger partial charge in [-0.05, 0) is 42.5 Å². The van der Waals surface area contributed by atoms with E-state index in [0.717, 1.165) is 4.90 Å². The number of hydrogen-bond acceptors (Lipinski definition) is 3. The van der Waals surface area contributed by atoms with Crippen LogP contribution in [0.4, 0.5) is 4.39 Å². The third kappa shape index (κ3) is 2.77. The molecule has 0 aliphatic rings. The Morgan fingerprint density at radius 2 is 1.71 bits per heavy atom. The number of phenolic OH excluding ortho intramolecular Hbond substituents is 1. The second-order valence-electron chi connectivity index (χ2n) is 3.35. The summed E-state index contributed by atoms with van der Waals surface area (Å²) in [5.74, 6) is -0.323. The van der Waals surface area contributed by atoms with Crippen molar-refractivity contribution in [2.45, 2.75) is 9.79 Å². The molecule has 0 aliphatic carbocycles. The molecule has 2 rings (SSSR count). The number of phenols is 1. The minimum Gasteiger partial charge on any atom is -0.508 e. The lowest BCUT2D eigenvalue weighted by Crippen LogP contribution is -1.83. The molecule has 0 atom stereocenters. The fourth-order valence-corrected chi connectivity index (χ4v) is 2.14. The number of aromatic hydroxyl groups is 1. The number of rotatable bonds is 2. The van der Waals surface area contributed by atoms with Gasteiger partial charge >= 0.3 is 0 Å². The van der Waals surface area contributed by atoms with Crippen LogP contribution in [0.3, 0.4) is 0 Å². The molecule has 0 saturated heterocycles. The molecule has 0 unspecified atom stereocenters. The SMILES string of the molecule is N#Cc1ccc(Sc2ccc(O)cc2)cc1F. The molecule has 17 heavy (non-hydrogen) atoms. The highest BCUT2D eigenvalue weighted by Gasteiger charge is 2.04. The molecule has 0 bridgehead atoms. The van der Waals surface area contributed by atoms with E-state index in [2.05, 4.69) is 0 Å². The van der Waals surface area contributed by atoms with Gasteiger partial charge in [-0.25, -0.2) is 4.39 Å². The molecule has 0 aliphatic heterocycles. The van der Waals surface area contributed by atoms with Crippen LogP contribution in [0.1, 0.15) is 5.56 Å². The van der Waals surface area contributed by atoms with Crippen LogP contribution in [-0.4, -0.2) is 5.11 Å². The summed E-state index contributed by atoms with van der Waals surface area (Å²) in [6, 6.07) is 12.9. The van der Waals surface area contributed by atoms with Gasteiger partial charge in [-0.3, -0.25) is 0 Å². The maximum atomic E-state index is 13.3. The van der Waals surface area contributed by atoms with Crippen LogP contribution >= 0.6 is 11.8 Å². The molecule has 0 spiro atoms. The van der Waals surface area contributed by atoms with Gasteiger partial charge in [0.25, 0.3) is 0 Å². The maximum absolute atomic E-state index is 13.3. The molecule has 0 amide bonds. The lowest BCUT2D eigenvalue weighted by Gasteiger charge is -2.02. The van der Waals surface area contributed by atoms with Crippen molar-refractivity contribution in [2.24, 2.45) is 0 Å². The van der Waals surface area contributed by atoms with Crippen LogP contribution < -0.4 is 0 Å². The minimum absolute atomic E-state index is 0.0417. The van der Waals surface area contributed by atoms with Crippen LogP contribution in [0.25, 0.3) is 0 Å². The highest BCUT2D eigenvalue weighted by atomic mass is 32.2. The molecular formula is C13H8FNOS. The van der Waals surface area contributed by atoms with Gasteiger partial charge in [0, 0.05) is 9.79 Å². The molecule has 0 fully saturated rings. The van der Waals surface area contributed by atoms with Gasteiger partial charge in [0.1, 0.15) is 17.6 Å². The molecule has 0 radical (unpaired) electrons. The standard InChI is InChI=1S/C13H8FNOS/c14-13-7-12(4-1-9(13)8-15)17-11-5-2-10(16)3-6-11/h1-7,16H. The van der Waals surface area contributed by atoms with E-state index in [-0.39, 0.29) is 11.3 Å². The topological polar surface area (TPSA) is 44.0 Å². The Labute approximate surface area is 102 Å². The van der Waals surface area contributed by atoms with Crippen molar-refractivity contribution in [2.75, 3.05) is 0 Å². The fraction of sp³-hybridized carbons (Fsp3) is 0. The Morgan fingerprint density at radius 1 is 1.06 bits per heavy atom. The number of nitrogens with zero attached hydrogens (tertiary/aromatic N) is 1. The van der Waals surface area contributed by atoms with Crippen LogP contribution in [0.15, 0.2) is 52.3 Å². The summed E-state index contributed by atoms with van der Waals surface area (Å²) >= 11 is 1.37. The second-order valence-corrected chi connectivity index (χ2v) is 4.50. The Kier molecular flexibility index (Phi) is 3.31.